The van der Waals surface area contributed by atoms with E-state index in [1.54, 1.807) is 0 Å². The molecule has 0 rings (SSSR count). The van der Waals surface area contributed by atoms with Crippen LogP contribution in [-0.4, -0.2) is 45.2 Å². The Labute approximate surface area is 190 Å². The van der Waals surface area contributed by atoms with Crippen molar-refractivity contribution in [1.82, 2.24) is 0 Å². The molecule has 0 aromatic heterocycles. The summed E-state index contributed by atoms with van der Waals surface area (Å²) in [6.45, 7) is 4.64. The molecule has 0 aliphatic heterocycles. The van der Waals surface area contributed by atoms with Crippen LogP contribution in [0.2, 0.25) is 0 Å². The standard InChI is InChI=1S/C20H42O5S.Na/c1-2-3-4-5-6-7-8-9-10-11-12-13-16-24-18-19-25-17-14-15-20-26(21,22)23;/h2-20H2,1H3,(H,21,22,23);/q;+1/p-1. The van der Waals surface area contributed by atoms with Crippen molar-refractivity contribution in [2.24, 2.45) is 0 Å². The van der Waals surface area contributed by atoms with E-state index in [4.69, 9.17) is 9.47 Å². The van der Waals surface area contributed by atoms with E-state index in [2.05, 4.69) is 6.92 Å². The molecule has 0 fully saturated rings. The Hall–Kier alpha value is 0.830. The van der Waals surface area contributed by atoms with Crippen LogP contribution in [-0.2, 0) is 19.6 Å². The van der Waals surface area contributed by atoms with Gasteiger partial charge < -0.3 is 14.0 Å². The van der Waals surface area contributed by atoms with E-state index in [0.717, 1.165) is 13.0 Å². The summed E-state index contributed by atoms with van der Waals surface area (Å²) in [6.07, 6.45) is 17.1. The topological polar surface area (TPSA) is 75.7 Å². The first-order valence-electron chi connectivity index (χ1n) is 10.7. The summed E-state index contributed by atoms with van der Waals surface area (Å²) in [4.78, 5) is 0. The van der Waals surface area contributed by atoms with E-state index in [1.807, 2.05) is 0 Å². The minimum atomic E-state index is -4.08. The van der Waals surface area contributed by atoms with Crippen molar-refractivity contribution in [1.29, 1.82) is 0 Å². The largest absolute Gasteiger partial charge is 1.00 e. The predicted molar refractivity (Wildman–Crippen MR) is 107 cm³/mol. The van der Waals surface area contributed by atoms with Crippen molar-refractivity contribution in [2.45, 2.75) is 96.8 Å². The van der Waals surface area contributed by atoms with Gasteiger partial charge in [0, 0.05) is 19.0 Å². The first-order valence-corrected chi connectivity index (χ1v) is 12.2. The molecule has 0 radical (unpaired) electrons. The monoisotopic (exact) mass is 416 g/mol. The molecule has 0 aliphatic rings. The zero-order valence-electron chi connectivity index (χ0n) is 17.9. The fourth-order valence-electron chi connectivity index (χ4n) is 2.85. The van der Waals surface area contributed by atoms with E-state index < -0.39 is 10.1 Å². The Morgan fingerprint density at radius 3 is 1.37 bits per heavy atom. The van der Waals surface area contributed by atoms with Crippen molar-refractivity contribution < 1.29 is 52.0 Å². The molecule has 0 bridgehead atoms. The molecular weight excluding hydrogens is 375 g/mol. The molecule has 0 unspecified atom stereocenters. The molecule has 5 nitrogen and oxygen atoms in total. The number of hydrogen-bond donors (Lipinski definition) is 0. The quantitative estimate of drug-likeness (QED) is 0.163. The SMILES string of the molecule is CCCCCCCCCCCCCCOCCOCCCCS(=O)(=O)[O-].[Na+]. The van der Waals surface area contributed by atoms with Gasteiger partial charge in [-0.05, 0) is 19.3 Å². The molecule has 0 heterocycles. The second-order valence-corrected chi connectivity index (χ2v) is 8.61. The Bertz CT molecular complexity index is 377. The molecule has 0 amide bonds. The van der Waals surface area contributed by atoms with Crippen LogP contribution < -0.4 is 29.6 Å². The van der Waals surface area contributed by atoms with Crippen LogP contribution >= 0.6 is 0 Å². The van der Waals surface area contributed by atoms with Gasteiger partial charge in [-0.1, -0.05) is 77.6 Å². The molecule has 0 atom stereocenters. The van der Waals surface area contributed by atoms with Gasteiger partial charge in [0.1, 0.15) is 0 Å². The molecule has 0 saturated heterocycles. The van der Waals surface area contributed by atoms with Crippen molar-refractivity contribution >= 4 is 10.1 Å². The van der Waals surface area contributed by atoms with Crippen LogP contribution in [0.4, 0.5) is 0 Å². The zero-order valence-corrected chi connectivity index (χ0v) is 20.7. The van der Waals surface area contributed by atoms with Gasteiger partial charge in [-0.2, -0.15) is 0 Å². The smallest absolute Gasteiger partial charge is 0.748 e. The maximum Gasteiger partial charge on any atom is 1.00 e. The van der Waals surface area contributed by atoms with E-state index in [1.165, 1.54) is 70.6 Å². The second kappa shape index (κ2) is 23.1. The van der Waals surface area contributed by atoms with Gasteiger partial charge in [0.25, 0.3) is 0 Å². The molecule has 0 spiro atoms. The molecule has 158 valence electrons. The first-order chi connectivity index (χ1) is 12.6. The fourth-order valence-corrected chi connectivity index (χ4v) is 3.41. The van der Waals surface area contributed by atoms with E-state index in [0.29, 0.717) is 32.7 Å². The Balaban J connectivity index is 0. The van der Waals surface area contributed by atoms with Gasteiger partial charge in [-0.25, -0.2) is 8.42 Å². The van der Waals surface area contributed by atoms with Crippen LogP contribution in [0.1, 0.15) is 96.8 Å². The molecular formula is C20H41NaO5S. The minimum absolute atomic E-state index is 0. The number of hydrogen-bond acceptors (Lipinski definition) is 5. The normalized spacial score (nSPS) is 11.5. The summed E-state index contributed by atoms with van der Waals surface area (Å²) in [6, 6.07) is 0. The summed E-state index contributed by atoms with van der Waals surface area (Å²) in [5.74, 6) is -0.300. The van der Waals surface area contributed by atoms with Crippen molar-refractivity contribution in [3.63, 3.8) is 0 Å². The zero-order chi connectivity index (χ0) is 19.3. The van der Waals surface area contributed by atoms with Crippen LogP contribution in [0.15, 0.2) is 0 Å². The van der Waals surface area contributed by atoms with E-state index in [-0.39, 0.29) is 35.3 Å². The third-order valence-corrected chi connectivity index (χ3v) is 5.24. The Morgan fingerprint density at radius 1 is 0.593 bits per heavy atom. The Kier molecular flexibility index (Phi) is 25.7. The second-order valence-electron chi connectivity index (χ2n) is 7.08. The third-order valence-electron chi connectivity index (χ3n) is 4.45. The predicted octanol–water partition coefficient (Wildman–Crippen LogP) is 2.05. The Morgan fingerprint density at radius 2 is 0.963 bits per heavy atom. The van der Waals surface area contributed by atoms with Gasteiger partial charge in [0.2, 0.25) is 0 Å². The van der Waals surface area contributed by atoms with Gasteiger partial charge in [-0.3, -0.25) is 0 Å². The molecule has 27 heavy (non-hydrogen) atoms. The molecule has 0 aliphatic carbocycles. The molecule has 0 N–H and O–H groups in total. The molecule has 7 heteroatoms. The van der Waals surface area contributed by atoms with Crippen molar-refractivity contribution in [3.8, 4) is 0 Å². The fraction of sp³-hybridized carbons (Fsp3) is 1.00. The number of rotatable bonds is 21. The average Bonchev–Trinajstić information content (AvgIpc) is 2.59. The maximum atomic E-state index is 10.4. The third kappa shape index (κ3) is 29.1. The van der Waals surface area contributed by atoms with Crippen LogP contribution in [0.3, 0.4) is 0 Å². The summed E-state index contributed by atoms with van der Waals surface area (Å²) in [5, 5.41) is 0. The van der Waals surface area contributed by atoms with Crippen LogP contribution in [0, 0.1) is 0 Å². The van der Waals surface area contributed by atoms with Crippen LogP contribution in [0.25, 0.3) is 0 Å². The summed E-state index contributed by atoms with van der Waals surface area (Å²) >= 11 is 0. The van der Waals surface area contributed by atoms with E-state index in [9.17, 15) is 13.0 Å². The molecule has 0 aromatic carbocycles. The first kappa shape index (κ1) is 30.0. The van der Waals surface area contributed by atoms with Gasteiger partial charge in [-0.15, -0.1) is 0 Å². The summed E-state index contributed by atoms with van der Waals surface area (Å²) < 4.78 is 42.1. The summed E-state index contributed by atoms with van der Waals surface area (Å²) in [5.41, 5.74) is 0. The van der Waals surface area contributed by atoms with E-state index >= 15 is 0 Å². The number of unbranched alkanes of at least 4 members (excludes halogenated alkanes) is 12. The van der Waals surface area contributed by atoms with Crippen LogP contribution in [0.5, 0.6) is 0 Å². The number of ether oxygens (including phenoxy) is 2. The summed E-state index contributed by atoms with van der Waals surface area (Å²) in [7, 11) is -4.08. The van der Waals surface area contributed by atoms with Crippen molar-refractivity contribution in [2.75, 3.05) is 32.2 Å². The average molecular weight is 417 g/mol. The molecule has 0 saturated carbocycles. The minimum Gasteiger partial charge on any atom is -0.748 e. The van der Waals surface area contributed by atoms with Gasteiger partial charge in [0.15, 0.2) is 0 Å². The maximum absolute atomic E-state index is 10.4. The van der Waals surface area contributed by atoms with Gasteiger partial charge >= 0.3 is 29.6 Å². The molecule has 0 aromatic rings. The van der Waals surface area contributed by atoms with Gasteiger partial charge in [0.05, 0.1) is 23.3 Å². The van der Waals surface area contributed by atoms with Crippen molar-refractivity contribution in [3.05, 3.63) is 0 Å².